The Labute approximate surface area is 147 Å². The van der Waals surface area contributed by atoms with E-state index in [1.54, 1.807) is 12.1 Å². The molecule has 0 heterocycles. The summed E-state index contributed by atoms with van der Waals surface area (Å²) in [5.41, 5.74) is 1.94. The number of hydrogen-bond donors (Lipinski definition) is 1. The van der Waals surface area contributed by atoms with Gasteiger partial charge in [0.05, 0.1) is 18.1 Å². The van der Waals surface area contributed by atoms with Gasteiger partial charge in [-0.15, -0.1) is 0 Å². The number of nitro groups is 1. The van der Waals surface area contributed by atoms with Gasteiger partial charge in [0.15, 0.2) is 0 Å². The second kappa shape index (κ2) is 9.76. The lowest BCUT2D eigenvalue weighted by molar-refractivity contribution is -0.384. The van der Waals surface area contributed by atoms with E-state index in [1.807, 2.05) is 44.2 Å². The molecule has 2 rings (SSSR count). The number of benzene rings is 2. The average Bonchev–Trinajstić information content (AvgIpc) is 2.61. The fourth-order valence-corrected chi connectivity index (χ4v) is 2.25. The molecule has 0 fully saturated rings. The summed E-state index contributed by atoms with van der Waals surface area (Å²) in [5.74, 6) is 0.641. The third-order valence-electron chi connectivity index (χ3n) is 3.55. The average molecular weight is 344 g/mol. The van der Waals surface area contributed by atoms with Crippen LogP contribution in [0.5, 0.6) is 5.75 Å². The van der Waals surface area contributed by atoms with Gasteiger partial charge in [-0.2, -0.15) is 0 Å². The Balaban J connectivity index is 1.87. The van der Waals surface area contributed by atoms with Crippen molar-refractivity contribution in [2.24, 2.45) is 0 Å². The number of nitrogens with one attached hydrogen (secondary N) is 1. The zero-order valence-electron chi connectivity index (χ0n) is 14.6. The van der Waals surface area contributed by atoms with Gasteiger partial charge in [-0.3, -0.25) is 10.1 Å². The molecule has 0 aliphatic rings. The van der Waals surface area contributed by atoms with Crippen molar-refractivity contribution in [1.29, 1.82) is 0 Å². The van der Waals surface area contributed by atoms with Gasteiger partial charge in [0.25, 0.3) is 5.69 Å². The first kappa shape index (κ1) is 18.9. The Bertz CT molecular complexity index is 674. The summed E-state index contributed by atoms with van der Waals surface area (Å²) in [6.07, 6.45) is 0. The van der Waals surface area contributed by atoms with Crippen molar-refractivity contribution in [3.63, 3.8) is 0 Å². The van der Waals surface area contributed by atoms with E-state index in [4.69, 9.17) is 9.47 Å². The summed E-state index contributed by atoms with van der Waals surface area (Å²) in [6.45, 7) is 5.93. The first-order valence-electron chi connectivity index (χ1n) is 8.31. The van der Waals surface area contributed by atoms with E-state index in [1.165, 1.54) is 6.07 Å². The van der Waals surface area contributed by atoms with Gasteiger partial charge in [-0.05, 0) is 11.6 Å². The molecule has 134 valence electrons. The highest BCUT2D eigenvalue weighted by Gasteiger charge is 2.12. The zero-order valence-corrected chi connectivity index (χ0v) is 14.6. The lowest BCUT2D eigenvalue weighted by Gasteiger charge is -2.14. The molecular weight excluding hydrogens is 320 g/mol. The number of rotatable bonds is 10. The number of ether oxygens (including phenoxy) is 2. The number of nitrogens with zero attached hydrogens (tertiary/aromatic N) is 1. The van der Waals surface area contributed by atoms with Gasteiger partial charge >= 0.3 is 0 Å². The molecule has 0 atom stereocenters. The van der Waals surface area contributed by atoms with Crippen LogP contribution in [0.4, 0.5) is 5.69 Å². The number of nitro benzene ring substituents is 1. The van der Waals surface area contributed by atoms with E-state index >= 15 is 0 Å². The largest absolute Gasteiger partial charge is 0.491 e. The van der Waals surface area contributed by atoms with Gasteiger partial charge in [-0.1, -0.05) is 44.2 Å². The van der Waals surface area contributed by atoms with Gasteiger partial charge < -0.3 is 14.8 Å². The quantitative estimate of drug-likeness (QED) is 0.404. The van der Waals surface area contributed by atoms with Crippen molar-refractivity contribution in [3.05, 3.63) is 69.8 Å². The van der Waals surface area contributed by atoms with Crippen LogP contribution in [-0.2, 0) is 17.9 Å². The maximum Gasteiger partial charge on any atom is 0.270 e. The fraction of sp³-hybridized carbons (Fsp3) is 0.368. The predicted molar refractivity (Wildman–Crippen MR) is 96.7 cm³/mol. The minimum Gasteiger partial charge on any atom is -0.491 e. The van der Waals surface area contributed by atoms with Crippen LogP contribution in [0.1, 0.15) is 25.0 Å². The summed E-state index contributed by atoms with van der Waals surface area (Å²) in [4.78, 5) is 10.6. The Morgan fingerprint density at radius 3 is 2.56 bits per heavy atom. The van der Waals surface area contributed by atoms with E-state index in [-0.39, 0.29) is 11.7 Å². The first-order valence-corrected chi connectivity index (χ1v) is 8.31. The predicted octanol–water partition coefficient (Wildman–Crippen LogP) is 3.69. The summed E-state index contributed by atoms with van der Waals surface area (Å²) >= 11 is 0. The van der Waals surface area contributed by atoms with Crippen LogP contribution in [0.3, 0.4) is 0 Å². The lowest BCUT2D eigenvalue weighted by Crippen LogP contribution is -2.22. The summed E-state index contributed by atoms with van der Waals surface area (Å²) in [6, 6.07) is 14.9. The first-order chi connectivity index (χ1) is 12.1. The highest BCUT2D eigenvalue weighted by Crippen LogP contribution is 2.24. The summed E-state index contributed by atoms with van der Waals surface area (Å²) in [7, 11) is 0. The van der Waals surface area contributed by atoms with Crippen LogP contribution in [0.2, 0.25) is 0 Å². The van der Waals surface area contributed by atoms with Crippen LogP contribution >= 0.6 is 0 Å². The van der Waals surface area contributed by atoms with E-state index in [0.717, 1.165) is 11.1 Å². The van der Waals surface area contributed by atoms with Crippen molar-refractivity contribution in [3.8, 4) is 5.75 Å². The Morgan fingerprint density at radius 2 is 1.88 bits per heavy atom. The Morgan fingerprint density at radius 1 is 1.12 bits per heavy atom. The highest BCUT2D eigenvalue weighted by atomic mass is 16.6. The molecule has 6 heteroatoms. The Kier molecular flexibility index (Phi) is 7.37. The van der Waals surface area contributed by atoms with Crippen molar-refractivity contribution in [2.75, 3.05) is 13.2 Å². The SMILES string of the molecule is CC(C)NCc1cc([N+](=O)[O-])ccc1OCCOCc1ccccc1. The molecule has 0 aliphatic carbocycles. The monoisotopic (exact) mass is 344 g/mol. The molecule has 6 nitrogen and oxygen atoms in total. The topological polar surface area (TPSA) is 73.6 Å². The van der Waals surface area contributed by atoms with Gasteiger partial charge in [-0.25, -0.2) is 0 Å². The van der Waals surface area contributed by atoms with Crippen LogP contribution in [0.15, 0.2) is 48.5 Å². The molecule has 0 amide bonds. The molecule has 0 bridgehead atoms. The molecule has 1 N–H and O–H groups in total. The van der Waals surface area contributed by atoms with Crippen molar-refractivity contribution < 1.29 is 14.4 Å². The molecule has 0 aliphatic heterocycles. The molecule has 0 aromatic heterocycles. The van der Waals surface area contributed by atoms with E-state index < -0.39 is 4.92 Å². The smallest absolute Gasteiger partial charge is 0.270 e. The van der Waals surface area contributed by atoms with Crippen molar-refractivity contribution >= 4 is 5.69 Å². The molecule has 0 saturated carbocycles. The van der Waals surface area contributed by atoms with Crippen LogP contribution in [0.25, 0.3) is 0 Å². The highest BCUT2D eigenvalue weighted by molar-refractivity contribution is 5.43. The summed E-state index contributed by atoms with van der Waals surface area (Å²) < 4.78 is 11.3. The fourth-order valence-electron chi connectivity index (χ4n) is 2.25. The lowest BCUT2D eigenvalue weighted by atomic mass is 10.1. The standard InChI is InChI=1S/C19H24N2O4/c1-15(2)20-13-17-12-18(21(22)23)8-9-19(17)25-11-10-24-14-16-6-4-3-5-7-16/h3-9,12,15,20H,10-11,13-14H2,1-2H3. The number of hydrogen-bond acceptors (Lipinski definition) is 5. The molecule has 0 spiro atoms. The minimum absolute atomic E-state index is 0.0632. The molecule has 25 heavy (non-hydrogen) atoms. The van der Waals surface area contributed by atoms with Gasteiger partial charge in [0, 0.05) is 30.3 Å². The number of non-ortho nitro benzene ring substituents is 1. The zero-order chi connectivity index (χ0) is 18.1. The molecular formula is C19H24N2O4. The maximum atomic E-state index is 11.0. The van der Waals surface area contributed by atoms with Crippen LogP contribution in [0, 0.1) is 10.1 Å². The summed E-state index contributed by atoms with van der Waals surface area (Å²) in [5, 5.41) is 14.2. The molecule has 0 unspecified atom stereocenters. The minimum atomic E-state index is -0.397. The molecule has 0 radical (unpaired) electrons. The van der Waals surface area contributed by atoms with Gasteiger partial charge in [0.1, 0.15) is 12.4 Å². The Hall–Kier alpha value is -2.44. The second-order valence-corrected chi connectivity index (χ2v) is 5.97. The molecule has 2 aromatic carbocycles. The molecule has 0 saturated heterocycles. The third-order valence-corrected chi connectivity index (χ3v) is 3.55. The van der Waals surface area contributed by atoms with Crippen molar-refractivity contribution in [2.45, 2.75) is 33.0 Å². The van der Waals surface area contributed by atoms with Crippen LogP contribution in [-0.4, -0.2) is 24.2 Å². The van der Waals surface area contributed by atoms with E-state index in [0.29, 0.717) is 32.1 Å². The van der Waals surface area contributed by atoms with E-state index in [2.05, 4.69) is 5.32 Å². The second-order valence-electron chi connectivity index (χ2n) is 5.97. The normalized spacial score (nSPS) is 10.8. The van der Waals surface area contributed by atoms with Gasteiger partial charge in [0.2, 0.25) is 0 Å². The van der Waals surface area contributed by atoms with Crippen LogP contribution < -0.4 is 10.1 Å². The van der Waals surface area contributed by atoms with Crippen molar-refractivity contribution in [1.82, 2.24) is 5.32 Å². The molecule has 2 aromatic rings. The maximum absolute atomic E-state index is 11.0. The van der Waals surface area contributed by atoms with E-state index in [9.17, 15) is 10.1 Å². The third kappa shape index (κ3) is 6.52.